The Balaban J connectivity index is 2.16. The van der Waals surface area contributed by atoms with E-state index in [-0.39, 0.29) is 13.0 Å². The Kier molecular flexibility index (Phi) is 8.10. The summed E-state index contributed by atoms with van der Waals surface area (Å²) in [5, 5.41) is 23.0. The Hall–Kier alpha value is -2.98. The number of hydrogen-bond acceptors (Lipinski definition) is 6. The lowest BCUT2D eigenvalue weighted by molar-refractivity contribution is -0.145. The van der Waals surface area contributed by atoms with Gasteiger partial charge in [-0.3, -0.25) is 14.4 Å². The lowest BCUT2D eigenvalue weighted by Gasteiger charge is -2.29. The Morgan fingerprint density at radius 3 is 2.41 bits per heavy atom. The molecule has 1 aliphatic rings. The van der Waals surface area contributed by atoms with Crippen LogP contribution in [0.3, 0.4) is 0 Å². The summed E-state index contributed by atoms with van der Waals surface area (Å²) < 4.78 is 0. The van der Waals surface area contributed by atoms with E-state index in [0.29, 0.717) is 19.4 Å². The second kappa shape index (κ2) is 10.5. The normalized spacial score (nSPS) is 18.0. The molecular weight excluding hydrogens is 380 g/mol. The number of carbonyl (C=O) groups excluding carboxylic acids is 3. The van der Waals surface area contributed by atoms with Crippen LogP contribution < -0.4 is 16.4 Å². The molecule has 0 aliphatic carbocycles. The summed E-state index contributed by atoms with van der Waals surface area (Å²) in [5.74, 6) is -2.95. The fourth-order valence-electron chi connectivity index (χ4n) is 3.26. The molecule has 158 valence electrons. The number of amides is 3. The van der Waals surface area contributed by atoms with Crippen LogP contribution >= 0.6 is 0 Å². The maximum atomic E-state index is 13.1. The van der Waals surface area contributed by atoms with Gasteiger partial charge in [0.25, 0.3) is 0 Å². The number of carbonyl (C=O) groups is 4. The molecule has 10 nitrogen and oxygen atoms in total. The molecule has 1 aliphatic heterocycles. The number of benzene rings is 1. The predicted octanol–water partition coefficient (Wildman–Crippen LogP) is -1.77. The number of nitrogens with two attached hydrogens (primary N) is 1. The molecule has 3 atom stereocenters. The summed E-state index contributed by atoms with van der Waals surface area (Å²) in [4.78, 5) is 49.9. The van der Waals surface area contributed by atoms with Crippen molar-refractivity contribution in [3.05, 3.63) is 35.9 Å². The van der Waals surface area contributed by atoms with E-state index < -0.39 is 48.4 Å². The van der Waals surface area contributed by atoms with Crippen molar-refractivity contribution in [1.29, 1.82) is 0 Å². The number of rotatable bonds is 9. The number of carboxylic acids is 1. The van der Waals surface area contributed by atoms with Crippen molar-refractivity contribution in [3.63, 3.8) is 0 Å². The average molecular weight is 406 g/mol. The van der Waals surface area contributed by atoms with E-state index in [0.717, 1.165) is 5.56 Å². The Bertz CT molecular complexity index is 741. The van der Waals surface area contributed by atoms with Crippen LogP contribution in [0.1, 0.15) is 18.4 Å². The lowest BCUT2D eigenvalue weighted by Crippen LogP contribution is -2.56. The van der Waals surface area contributed by atoms with Gasteiger partial charge in [0, 0.05) is 13.0 Å². The minimum Gasteiger partial charge on any atom is -0.480 e. The van der Waals surface area contributed by atoms with Gasteiger partial charge in [-0.1, -0.05) is 30.3 Å². The number of aliphatic carboxylic acids is 1. The lowest BCUT2D eigenvalue weighted by atomic mass is 10.0. The number of hydrogen-bond donors (Lipinski definition) is 5. The van der Waals surface area contributed by atoms with Gasteiger partial charge in [0.15, 0.2) is 0 Å². The number of nitrogens with zero attached hydrogens (tertiary/aromatic N) is 1. The van der Waals surface area contributed by atoms with E-state index in [2.05, 4.69) is 10.6 Å². The van der Waals surface area contributed by atoms with Crippen molar-refractivity contribution in [1.82, 2.24) is 15.5 Å². The van der Waals surface area contributed by atoms with Crippen molar-refractivity contribution in [2.75, 3.05) is 19.7 Å². The summed E-state index contributed by atoms with van der Waals surface area (Å²) in [6.07, 6.45) is 1.15. The number of nitrogens with one attached hydrogen (secondary N) is 2. The average Bonchev–Trinajstić information content (AvgIpc) is 3.21. The highest BCUT2D eigenvalue weighted by Crippen LogP contribution is 2.20. The van der Waals surface area contributed by atoms with Crippen LogP contribution in [0.25, 0.3) is 0 Å². The van der Waals surface area contributed by atoms with Crippen LogP contribution in [0.15, 0.2) is 30.3 Å². The maximum absolute atomic E-state index is 13.1. The van der Waals surface area contributed by atoms with Crippen LogP contribution in [0, 0.1) is 0 Å². The smallest absolute Gasteiger partial charge is 0.328 e. The van der Waals surface area contributed by atoms with Crippen LogP contribution in [-0.2, 0) is 25.6 Å². The molecule has 0 radical (unpaired) electrons. The molecule has 10 heteroatoms. The molecule has 1 aromatic carbocycles. The molecule has 0 bridgehead atoms. The van der Waals surface area contributed by atoms with Crippen LogP contribution in [0.5, 0.6) is 0 Å². The molecule has 6 N–H and O–H groups in total. The summed E-state index contributed by atoms with van der Waals surface area (Å²) in [6.45, 7) is -0.734. The van der Waals surface area contributed by atoms with Gasteiger partial charge in [-0.2, -0.15) is 0 Å². The van der Waals surface area contributed by atoms with Gasteiger partial charge >= 0.3 is 5.97 Å². The second-order valence-corrected chi connectivity index (χ2v) is 6.79. The van der Waals surface area contributed by atoms with E-state index in [1.807, 2.05) is 30.3 Å². The van der Waals surface area contributed by atoms with Crippen molar-refractivity contribution >= 4 is 23.7 Å². The first-order chi connectivity index (χ1) is 13.9. The zero-order chi connectivity index (χ0) is 21.4. The monoisotopic (exact) mass is 406 g/mol. The van der Waals surface area contributed by atoms with E-state index in [9.17, 15) is 19.2 Å². The fourth-order valence-corrected chi connectivity index (χ4v) is 3.26. The third-order valence-corrected chi connectivity index (χ3v) is 4.74. The fraction of sp³-hybridized carbons (Fsp3) is 0.474. The highest BCUT2D eigenvalue weighted by molar-refractivity contribution is 5.94. The van der Waals surface area contributed by atoms with Crippen molar-refractivity contribution in [2.24, 2.45) is 5.73 Å². The zero-order valence-corrected chi connectivity index (χ0v) is 15.9. The molecule has 1 fully saturated rings. The van der Waals surface area contributed by atoms with Gasteiger partial charge < -0.3 is 31.5 Å². The molecule has 3 unspecified atom stereocenters. The molecule has 2 rings (SSSR count). The van der Waals surface area contributed by atoms with E-state index in [1.54, 1.807) is 0 Å². The first-order valence-electron chi connectivity index (χ1n) is 9.35. The van der Waals surface area contributed by atoms with Gasteiger partial charge in [-0.05, 0) is 18.4 Å². The Morgan fingerprint density at radius 1 is 1.14 bits per heavy atom. The molecule has 3 amide bonds. The van der Waals surface area contributed by atoms with E-state index >= 15 is 0 Å². The SMILES string of the molecule is NCC(=O)NC(Cc1ccccc1)C(=O)N1CCCC1C(=O)NC(CO)C(=O)O. The van der Waals surface area contributed by atoms with Gasteiger partial charge in [-0.15, -0.1) is 0 Å². The predicted molar refractivity (Wildman–Crippen MR) is 103 cm³/mol. The molecule has 0 saturated carbocycles. The first-order valence-corrected chi connectivity index (χ1v) is 9.35. The largest absolute Gasteiger partial charge is 0.480 e. The van der Waals surface area contributed by atoms with Crippen molar-refractivity contribution in [2.45, 2.75) is 37.4 Å². The van der Waals surface area contributed by atoms with Crippen molar-refractivity contribution < 1.29 is 29.4 Å². The third-order valence-electron chi connectivity index (χ3n) is 4.74. The molecule has 0 aromatic heterocycles. The van der Waals surface area contributed by atoms with Crippen LogP contribution in [-0.4, -0.2) is 76.6 Å². The van der Waals surface area contributed by atoms with Crippen LogP contribution in [0.4, 0.5) is 0 Å². The van der Waals surface area contributed by atoms with Gasteiger partial charge in [0.2, 0.25) is 17.7 Å². The Labute approximate surface area is 168 Å². The third kappa shape index (κ3) is 6.00. The number of likely N-dealkylation sites (tertiary alicyclic amines) is 1. The van der Waals surface area contributed by atoms with Gasteiger partial charge in [0.1, 0.15) is 18.1 Å². The molecular formula is C19H26N4O6. The first kappa shape index (κ1) is 22.3. The number of aliphatic hydroxyl groups excluding tert-OH is 1. The summed E-state index contributed by atoms with van der Waals surface area (Å²) in [6, 6.07) is 5.88. The quantitative estimate of drug-likeness (QED) is 0.324. The van der Waals surface area contributed by atoms with E-state index in [4.69, 9.17) is 15.9 Å². The molecule has 1 saturated heterocycles. The topological polar surface area (TPSA) is 162 Å². The molecule has 0 spiro atoms. The molecule has 1 heterocycles. The number of aliphatic hydroxyl groups is 1. The molecule has 1 aromatic rings. The van der Waals surface area contributed by atoms with Gasteiger partial charge in [-0.25, -0.2) is 4.79 Å². The highest BCUT2D eigenvalue weighted by atomic mass is 16.4. The van der Waals surface area contributed by atoms with Gasteiger partial charge in [0.05, 0.1) is 13.2 Å². The summed E-state index contributed by atoms with van der Waals surface area (Å²) in [7, 11) is 0. The van der Waals surface area contributed by atoms with Crippen LogP contribution in [0.2, 0.25) is 0 Å². The second-order valence-electron chi connectivity index (χ2n) is 6.79. The minimum atomic E-state index is -1.45. The Morgan fingerprint density at radius 2 is 1.83 bits per heavy atom. The van der Waals surface area contributed by atoms with Crippen molar-refractivity contribution in [3.8, 4) is 0 Å². The summed E-state index contributed by atoms with van der Waals surface area (Å²) in [5.41, 5.74) is 6.19. The summed E-state index contributed by atoms with van der Waals surface area (Å²) >= 11 is 0. The molecule has 29 heavy (non-hydrogen) atoms. The number of carboxylic acid groups (broad SMARTS) is 1. The maximum Gasteiger partial charge on any atom is 0.328 e. The zero-order valence-electron chi connectivity index (χ0n) is 15.9. The standard InChI is InChI=1S/C19H26N4O6/c20-10-16(25)21-13(9-12-5-2-1-3-6-12)18(27)23-8-4-7-15(23)17(26)22-14(11-24)19(28)29/h1-3,5-6,13-15,24H,4,7-11,20H2,(H,21,25)(H,22,26)(H,28,29). The van der Waals surface area contributed by atoms with E-state index in [1.165, 1.54) is 4.90 Å². The highest BCUT2D eigenvalue weighted by Gasteiger charge is 2.38. The minimum absolute atomic E-state index is 0.227.